The Balaban J connectivity index is 1.99. The minimum atomic E-state index is -0.392. The summed E-state index contributed by atoms with van der Waals surface area (Å²) >= 11 is 6.10. The number of benzene rings is 2. The zero-order valence-corrected chi connectivity index (χ0v) is 13.5. The van der Waals surface area contributed by atoms with Crippen LogP contribution in [0.15, 0.2) is 41.5 Å². The minimum absolute atomic E-state index is 0.392. The molecule has 4 nitrogen and oxygen atoms in total. The Bertz CT molecular complexity index is 706. The third kappa shape index (κ3) is 4.09. The number of urea groups is 1. The topological polar surface area (TPSA) is 53.5 Å². The SMILES string of the molecule is Cc1ccc(/C=N/NC(=O)Nc2c(C)cccc2C)c(Cl)c1. The molecule has 0 unspecified atom stereocenters. The Hall–Kier alpha value is -2.33. The molecule has 0 aliphatic heterocycles. The lowest BCUT2D eigenvalue weighted by molar-refractivity contribution is 0.252. The van der Waals surface area contributed by atoms with Crippen LogP contribution >= 0.6 is 11.6 Å². The fourth-order valence-corrected chi connectivity index (χ4v) is 2.33. The van der Waals surface area contributed by atoms with Gasteiger partial charge in [-0.05, 0) is 43.5 Å². The molecule has 0 saturated carbocycles. The molecule has 0 bridgehead atoms. The lowest BCUT2D eigenvalue weighted by Gasteiger charge is -2.10. The number of para-hydroxylation sites is 1. The highest BCUT2D eigenvalue weighted by atomic mass is 35.5. The van der Waals surface area contributed by atoms with Gasteiger partial charge in [0.1, 0.15) is 0 Å². The summed E-state index contributed by atoms with van der Waals surface area (Å²) in [6.45, 7) is 5.85. The van der Waals surface area contributed by atoms with E-state index in [1.807, 2.05) is 57.2 Å². The number of anilines is 1. The second-order valence-corrected chi connectivity index (χ2v) is 5.52. The molecule has 0 saturated heterocycles. The molecule has 2 rings (SSSR count). The van der Waals surface area contributed by atoms with Crippen LogP contribution in [0.25, 0.3) is 0 Å². The average molecular weight is 316 g/mol. The Morgan fingerprint density at radius 1 is 1.14 bits per heavy atom. The van der Waals surface area contributed by atoms with Gasteiger partial charge < -0.3 is 5.32 Å². The zero-order chi connectivity index (χ0) is 16.1. The first-order chi connectivity index (χ1) is 10.5. The van der Waals surface area contributed by atoms with Crippen molar-refractivity contribution in [3.63, 3.8) is 0 Å². The van der Waals surface area contributed by atoms with E-state index in [4.69, 9.17) is 11.6 Å². The van der Waals surface area contributed by atoms with Crippen LogP contribution in [-0.2, 0) is 0 Å². The van der Waals surface area contributed by atoms with Crippen molar-refractivity contribution >= 4 is 29.5 Å². The van der Waals surface area contributed by atoms with E-state index in [1.54, 1.807) is 0 Å². The van der Waals surface area contributed by atoms with Crippen molar-refractivity contribution in [1.82, 2.24) is 5.43 Å². The fraction of sp³-hybridized carbons (Fsp3) is 0.176. The quantitative estimate of drug-likeness (QED) is 0.639. The molecule has 2 amide bonds. The van der Waals surface area contributed by atoms with Gasteiger partial charge in [-0.15, -0.1) is 0 Å². The number of hydrogen-bond donors (Lipinski definition) is 2. The van der Waals surface area contributed by atoms with Gasteiger partial charge in [0.05, 0.1) is 6.21 Å². The largest absolute Gasteiger partial charge is 0.339 e. The van der Waals surface area contributed by atoms with Crippen LogP contribution in [0, 0.1) is 20.8 Å². The molecule has 0 aromatic heterocycles. The molecule has 0 aliphatic carbocycles. The molecule has 114 valence electrons. The van der Waals surface area contributed by atoms with Crippen molar-refractivity contribution in [2.45, 2.75) is 20.8 Å². The predicted molar refractivity (Wildman–Crippen MR) is 91.9 cm³/mol. The predicted octanol–water partition coefficient (Wildman–Crippen LogP) is 4.42. The molecule has 0 atom stereocenters. The van der Waals surface area contributed by atoms with E-state index in [1.165, 1.54) is 6.21 Å². The van der Waals surface area contributed by atoms with E-state index >= 15 is 0 Å². The van der Waals surface area contributed by atoms with Crippen LogP contribution in [0.5, 0.6) is 0 Å². The number of carbonyl (C=O) groups is 1. The van der Waals surface area contributed by atoms with Crippen molar-refractivity contribution in [3.8, 4) is 0 Å². The first kappa shape index (κ1) is 16.0. The van der Waals surface area contributed by atoms with E-state index in [0.29, 0.717) is 5.02 Å². The van der Waals surface area contributed by atoms with Gasteiger partial charge in [0, 0.05) is 16.3 Å². The second-order valence-electron chi connectivity index (χ2n) is 5.12. The smallest absolute Gasteiger partial charge is 0.306 e. The normalized spacial score (nSPS) is 10.7. The molecular weight excluding hydrogens is 298 g/mol. The maximum atomic E-state index is 11.9. The first-order valence-electron chi connectivity index (χ1n) is 6.90. The van der Waals surface area contributed by atoms with Gasteiger partial charge in [0.15, 0.2) is 0 Å². The zero-order valence-electron chi connectivity index (χ0n) is 12.8. The van der Waals surface area contributed by atoms with Crippen LogP contribution in [0.3, 0.4) is 0 Å². The maximum absolute atomic E-state index is 11.9. The van der Waals surface area contributed by atoms with Crippen LogP contribution in [-0.4, -0.2) is 12.2 Å². The summed E-state index contributed by atoms with van der Waals surface area (Å²) in [5, 5.41) is 7.31. The van der Waals surface area contributed by atoms with Gasteiger partial charge in [-0.2, -0.15) is 5.10 Å². The second kappa shape index (κ2) is 7.09. The molecule has 5 heteroatoms. The molecule has 0 spiro atoms. The number of nitrogens with one attached hydrogen (secondary N) is 2. The Morgan fingerprint density at radius 2 is 1.82 bits per heavy atom. The molecule has 0 heterocycles. The molecular formula is C17H18ClN3O. The Labute approximate surface area is 135 Å². The number of rotatable bonds is 3. The van der Waals surface area contributed by atoms with Gasteiger partial charge in [-0.3, -0.25) is 0 Å². The molecule has 2 aromatic rings. The summed E-state index contributed by atoms with van der Waals surface area (Å²) in [5.74, 6) is 0. The van der Waals surface area contributed by atoms with Gasteiger partial charge in [-0.25, -0.2) is 10.2 Å². The lowest BCUT2D eigenvalue weighted by atomic mass is 10.1. The summed E-state index contributed by atoms with van der Waals surface area (Å²) in [6, 6.07) is 11.1. The average Bonchev–Trinajstić information content (AvgIpc) is 2.45. The van der Waals surface area contributed by atoms with Gasteiger partial charge in [-0.1, -0.05) is 41.9 Å². The highest BCUT2D eigenvalue weighted by molar-refractivity contribution is 6.33. The standard InChI is InChI=1S/C17H18ClN3O/c1-11-7-8-14(15(18)9-11)10-19-21-17(22)20-16-12(2)5-4-6-13(16)3/h4-10H,1-3H3,(H2,20,21,22)/b19-10+. The van der Waals surface area contributed by atoms with Crippen molar-refractivity contribution < 1.29 is 4.79 Å². The Morgan fingerprint density at radius 3 is 2.45 bits per heavy atom. The minimum Gasteiger partial charge on any atom is -0.306 e. The first-order valence-corrected chi connectivity index (χ1v) is 7.27. The van der Waals surface area contributed by atoms with Crippen molar-refractivity contribution in [2.75, 3.05) is 5.32 Å². The number of hydrazone groups is 1. The molecule has 2 aromatic carbocycles. The van der Waals surface area contributed by atoms with E-state index in [2.05, 4.69) is 15.8 Å². The van der Waals surface area contributed by atoms with Crippen LogP contribution in [0.1, 0.15) is 22.3 Å². The molecule has 0 aliphatic rings. The summed E-state index contributed by atoms with van der Waals surface area (Å²) in [7, 11) is 0. The summed E-state index contributed by atoms with van der Waals surface area (Å²) < 4.78 is 0. The number of hydrogen-bond acceptors (Lipinski definition) is 2. The molecule has 2 N–H and O–H groups in total. The summed E-state index contributed by atoms with van der Waals surface area (Å²) in [4.78, 5) is 11.9. The molecule has 0 radical (unpaired) electrons. The fourth-order valence-electron chi connectivity index (χ4n) is 2.05. The lowest BCUT2D eigenvalue weighted by Crippen LogP contribution is -2.25. The van der Waals surface area contributed by atoms with Crippen LogP contribution in [0.4, 0.5) is 10.5 Å². The van der Waals surface area contributed by atoms with E-state index in [-0.39, 0.29) is 0 Å². The van der Waals surface area contributed by atoms with Gasteiger partial charge >= 0.3 is 6.03 Å². The number of carbonyl (C=O) groups excluding carboxylic acids is 1. The number of nitrogens with zero attached hydrogens (tertiary/aromatic N) is 1. The van der Waals surface area contributed by atoms with E-state index in [9.17, 15) is 4.79 Å². The third-order valence-corrected chi connectivity index (χ3v) is 3.57. The van der Waals surface area contributed by atoms with E-state index < -0.39 is 6.03 Å². The van der Waals surface area contributed by atoms with Gasteiger partial charge in [0.25, 0.3) is 0 Å². The van der Waals surface area contributed by atoms with Crippen molar-refractivity contribution in [1.29, 1.82) is 0 Å². The summed E-state index contributed by atoms with van der Waals surface area (Å²) in [5.41, 5.74) is 7.05. The number of amides is 2. The molecule has 0 fully saturated rings. The highest BCUT2D eigenvalue weighted by Crippen LogP contribution is 2.19. The monoisotopic (exact) mass is 315 g/mol. The third-order valence-electron chi connectivity index (χ3n) is 3.25. The molecule has 22 heavy (non-hydrogen) atoms. The van der Waals surface area contributed by atoms with Crippen molar-refractivity contribution in [2.24, 2.45) is 5.10 Å². The van der Waals surface area contributed by atoms with E-state index in [0.717, 1.165) is 27.9 Å². The highest BCUT2D eigenvalue weighted by Gasteiger charge is 2.05. The number of aryl methyl sites for hydroxylation is 3. The van der Waals surface area contributed by atoms with Crippen LogP contribution < -0.4 is 10.7 Å². The van der Waals surface area contributed by atoms with Gasteiger partial charge in [0.2, 0.25) is 0 Å². The van der Waals surface area contributed by atoms with Crippen LogP contribution in [0.2, 0.25) is 5.02 Å². The number of halogens is 1. The summed E-state index contributed by atoms with van der Waals surface area (Å²) in [6.07, 6.45) is 1.52. The maximum Gasteiger partial charge on any atom is 0.339 e. The Kier molecular flexibility index (Phi) is 5.17. The van der Waals surface area contributed by atoms with Crippen molar-refractivity contribution in [3.05, 3.63) is 63.7 Å².